The number of hydrogen-bond donors (Lipinski definition) is 2. The van der Waals surface area contributed by atoms with Crippen LogP contribution in [0.1, 0.15) is 37.0 Å². The first-order valence-electron chi connectivity index (χ1n) is 12.9. The maximum atomic E-state index is 13.9. The minimum absolute atomic E-state index is 0.00457. The molecule has 6 nitrogen and oxygen atoms in total. The molecule has 0 radical (unpaired) electrons. The quantitative estimate of drug-likeness (QED) is 0.282. The summed E-state index contributed by atoms with van der Waals surface area (Å²) in [5, 5.41) is 20.5. The minimum Gasteiger partial charge on any atom is -0.394 e. The van der Waals surface area contributed by atoms with Gasteiger partial charge >= 0.3 is 12.4 Å². The molecule has 1 fully saturated rings. The third-order valence-corrected chi connectivity index (χ3v) is 8.06. The fraction of sp³-hybridized carbons (Fsp3) is 0.379. The van der Waals surface area contributed by atoms with Crippen LogP contribution in [0.5, 0.6) is 0 Å². The number of amides is 1. The number of carbonyl (C=O) groups excluding carboxylic acids is 1. The van der Waals surface area contributed by atoms with Gasteiger partial charge in [0.1, 0.15) is 5.82 Å². The minimum atomic E-state index is -5.09. The number of aliphatic hydroxyl groups excluding tert-OH is 2. The predicted molar refractivity (Wildman–Crippen MR) is 151 cm³/mol. The first kappa shape index (κ1) is 32.8. The molecule has 43 heavy (non-hydrogen) atoms. The molecular weight excluding hydrogens is 623 g/mol. The zero-order valence-corrected chi connectivity index (χ0v) is 24.6. The number of alkyl halides is 6. The van der Waals surface area contributed by atoms with Crippen LogP contribution in [-0.2, 0) is 22.6 Å². The maximum Gasteiger partial charge on any atom is 0.416 e. The van der Waals surface area contributed by atoms with Gasteiger partial charge in [-0.2, -0.15) is 26.3 Å². The van der Waals surface area contributed by atoms with E-state index in [0.717, 1.165) is 4.90 Å². The van der Waals surface area contributed by atoms with Crippen LogP contribution in [0, 0.1) is 0 Å². The average Bonchev–Trinajstić information content (AvgIpc) is 3.32. The Labute approximate surface area is 253 Å². The summed E-state index contributed by atoms with van der Waals surface area (Å²) in [5.74, 6) is -0.503. The molecule has 2 atom stereocenters. The molecular formula is C29H27Cl2F6N3O3. The number of aliphatic hydroxyl groups is 2. The fourth-order valence-electron chi connectivity index (χ4n) is 5.09. The summed E-state index contributed by atoms with van der Waals surface area (Å²) < 4.78 is 81.4. The number of anilines is 2. The SMILES string of the molecule is CN(C(=O)C(C)(C)c1cc(C(F)(F)F)cc(C(F)(F)F)c1)c1cnc(N2C[C@H](O)C[C@H]2CO)cc1-c1cc(Cl)ccc1Cl. The van der Waals surface area contributed by atoms with Gasteiger partial charge in [-0.3, -0.25) is 4.79 Å². The summed E-state index contributed by atoms with van der Waals surface area (Å²) in [6.07, 6.45) is -9.31. The Hall–Kier alpha value is -3.06. The number of benzene rings is 2. The van der Waals surface area contributed by atoms with Gasteiger partial charge in [0.15, 0.2) is 0 Å². The summed E-state index contributed by atoms with van der Waals surface area (Å²) in [5.41, 5.74) is -4.62. The molecule has 1 aliphatic heterocycles. The molecule has 1 saturated heterocycles. The van der Waals surface area contributed by atoms with Crippen LogP contribution in [0.4, 0.5) is 37.8 Å². The van der Waals surface area contributed by atoms with Crippen molar-refractivity contribution >= 4 is 40.6 Å². The second kappa shape index (κ2) is 11.8. The van der Waals surface area contributed by atoms with E-state index in [1.54, 1.807) is 11.0 Å². The van der Waals surface area contributed by atoms with Crippen molar-refractivity contribution in [3.63, 3.8) is 0 Å². The Bertz CT molecular complexity index is 1500. The zero-order chi connectivity index (χ0) is 32.1. The largest absolute Gasteiger partial charge is 0.416 e. The third kappa shape index (κ3) is 6.72. The first-order valence-corrected chi connectivity index (χ1v) is 13.7. The number of rotatable bonds is 6. The molecule has 14 heteroatoms. The van der Waals surface area contributed by atoms with Crippen LogP contribution < -0.4 is 9.80 Å². The average molecular weight is 650 g/mol. The molecule has 4 rings (SSSR count). The molecule has 3 aromatic rings. The van der Waals surface area contributed by atoms with Crippen LogP contribution in [0.15, 0.2) is 48.7 Å². The summed E-state index contributed by atoms with van der Waals surface area (Å²) in [6.45, 7) is 2.36. The summed E-state index contributed by atoms with van der Waals surface area (Å²) in [4.78, 5) is 21.1. The number of β-amino-alcohol motifs (C(OH)–C–C–N with tert-alkyl or cyclic N) is 1. The van der Waals surface area contributed by atoms with E-state index in [1.165, 1.54) is 45.3 Å². The molecule has 0 unspecified atom stereocenters. The number of halogens is 8. The lowest BCUT2D eigenvalue weighted by molar-refractivity contribution is -0.143. The van der Waals surface area contributed by atoms with Gasteiger partial charge in [-0.05, 0) is 68.3 Å². The van der Waals surface area contributed by atoms with E-state index in [1.807, 2.05) is 0 Å². The zero-order valence-electron chi connectivity index (χ0n) is 23.1. The van der Waals surface area contributed by atoms with Crippen molar-refractivity contribution in [1.29, 1.82) is 0 Å². The molecule has 0 bridgehead atoms. The van der Waals surface area contributed by atoms with Crippen molar-refractivity contribution in [3.8, 4) is 11.1 Å². The molecule has 2 N–H and O–H groups in total. The van der Waals surface area contributed by atoms with Gasteiger partial charge in [-0.15, -0.1) is 0 Å². The van der Waals surface area contributed by atoms with Crippen LogP contribution in [0.25, 0.3) is 11.1 Å². The molecule has 1 aromatic heterocycles. The summed E-state index contributed by atoms with van der Waals surface area (Å²) in [7, 11) is 1.32. The van der Waals surface area contributed by atoms with Crippen LogP contribution in [0.3, 0.4) is 0 Å². The van der Waals surface area contributed by atoms with E-state index in [-0.39, 0.29) is 36.3 Å². The van der Waals surface area contributed by atoms with E-state index in [9.17, 15) is 41.4 Å². The van der Waals surface area contributed by atoms with E-state index < -0.39 is 52.5 Å². The van der Waals surface area contributed by atoms with E-state index >= 15 is 0 Å². The smallest absolute Gasteiger partial charge is 0.394 e. The van der Waals surface area contributed by atoms with Crippen molar-refractivity contribution in [2.24, 2.45) is 0 Å². The highest BCUT2D eigenvalue weighted by atomic mass is 35.5. The second-order valence-electron chi connectivity index (χ2n) is 10.8. The lowest BCUT2D eigenvalue weighted by Gasteiger charge is -2.32. The van der Waals surface area contributed by atoms with Crippen LogP contribution in [0.2, 0.25) is 10.0 Å². The van der Waals surface area contributed by atoms with Crippen molar-refractivity contribution < 1.29 is 41.4 Å². The Morgan fingerprint density at radius 1 is 0.977 bits per heavy atom. The van der Waals surface area contributed by atoms with Crippen LogP contribution >= 0.6 is 23.2 Å². The Morgan fingerprint density at radius 3 is 2.12 bits per heavy atom. The molecule has 0 aliphatic carbocycles. The lowest BCUT2D eigenvalue weighted by atomic mass is 9.81. The highest BCUT2D eigenvalue weighted by molar-refractivity contribution is 6.35. The van der Waals surface area contributed by atoms with Crippen molar-refractivity contribution in [3.05, 3.63) is 75.4 Å². The van der Waals surface area contributed by atoms with Crippen LogP contribution in [-0.4, -0.2) is 53.4 Å². The topological polar surface area (TPSA) is 76.9 Å². The normalized spacial score (nSPS) is 17.8. The van der Waals surface area contributed by atoms with Gasteiger partial charge < -0.3 is 20.0 Å². The standard InChI is InChI=1S/C29H27Cl2F6N3O3/c1-27(2,15-6-16(28(32,33)34)8-17(7-15)29(35,36)37)26(43)39(3)24-12-38-25(40-13-20(42)10-19(40)14-41)11-22(24)21-9-18(30)4-5-23(21)31/h4-9,11-12,19-20,41-42H,10,13-14H2,1-3H3/t19-,20+/m0/s1. The second-order valence-corrected chi connectivity index (χ2v) is 11.7. The van der Waals surface area contributed by atoms with Gasteiger partial charge in [-0.25, -0.2) is 4.98 Å². The summed E-state index contributed by atoms with van der Waals surface area (Å²) >= 11 is 12.7. The van der Waals surface area contributed by atoms with Gasteiger partial charge in [0.05, 0.1) is 47.2 Å². The predicted octanol–water partition coefficient (Wildman–Crippen LogP) is 6.97. The van der Waals surface area contributed by atoms with E-state index in [2.05, 4.69) is 4.98 Å². The molecule has 2 aromatic carbocycles. The highest BCUT2D eigenvalue weighted by Gasteiger charge is 2.41. The monoisotopic (exact) mass is 649 g/mol. The Kier molecular flexibility index (Phi) is 9.01. The van der Waals surface area contributed by atoms with Gasteiger partial charge in [0, 0.05) is 34.8 Å². The molecule has 1 aliphatic rings. The lowest BCUT2D eigenvalue weighted by Crippen LogP contribution is -2.42. The van der Waals surface area contributed by atoms with Crippen molar-refractivity contribution in [2.45, 2.75) is 50.2 Å². The molecule has 0 spiro atoms. The maximum absolute atomic E-state index is 13.9. The number of nitrogens with zero attached hydrogens (tertiary/aromatic N) is 3. The first-order chi connectivity index (χ1) is 19.8. The number of pyridine rings is 1. The third-order valence-electron chi connectivity index (χ3n) is 7.49. The summed E-state index contributed by atoms with van der Waals surface area (Å²) in [6, 6.07) is 6.78. The number of hydrogen-bond acceptors (Lipinski definition) is 5. The van der Waals surface area contributed by atoms with Gasteiger partial charge in [0.25, 0.3) is 0 Å². The Balaban J connectivity index is 1.84. The van der Waals surface area contributed by atoms with Crippen molar-refractivity contribution in [2.75, 3.05) is 30.0 Å². The highest BCUT2D eigenvalue weighted by Crippen LogP contribution is 2.42. The Morgan fingerprint density at radius 2 is 1.56 bits per heavy atom. The molecule has 2 heterocycles. The molecule has 232 valence electrons. The van der Waals surface area contributed by atoms with Crippen molar-refractivity contribution in [1.82, 2.24) is 4.98 Å². The van der Waals surface area contributed by atoms with E-state index in [0.29, 0.717) is 34.1 Å². The number of aromatic nitrogens is 1. The van der Waals surface area contributed by atoms with E-state index in [4.69, 9.17) is 23.2 Å². The molecule has 1 amide bonds. The number of likely N-dealkylation sites (N-methyl/N-ethyl adjacent to an activating group) is 1. The van der Waals surface area contributed by atoms with Gasteiger partial charge in [-0.1, -0.05) is 23.2 Å². The van der Waals surface area contributed by atoms with Gasteiger partial charge in [0.2, 0.25) is 5.91 Å². The fourth-order valence-corrected chi connectivity index (χ4v) is 5.49. The molecule has 0 saturated carbocycles. The number of carbonyl (C=O) groups is 1.